The maximum atomic E-state index is 11.6. The third kappa shape index (κ3) is 5.04. The first-order valence-corrected chi connectivity index (χ1v) is 6.75. The summed E-state index contributed by atoms with van der Waals surface area (Å²) in [6, 6.07) is 0.727. The molecule has 3 atom stereocenters. The Bertz CT molecular complexity index is 221. The predicted molar refractivity (Wildman–Crippen MR) is 72.3 cm³/mol. The zero-order valence-electron chi connectivity index (χ0n) is 12.0. The number of nitrogens with zero attached hydrogens (tertiary/aromatic N) is 1. The molecule has 0 saturated heterocycles. The van der Waals surface area contributed by atoms with Crippen LogP contribution in [-0.4, -0.2) is 29.4 Å². The number of nitrogens with one attached hydrogen (secondary N) is 1. The Morgan fingerprint density at radius 3 is 2.29 bits per heavy atom. The maximum absolute atomic E-state index is 11.6. The fraction of sp³-hybridized carbons (Fsp3) is 0.923. The van der Waals surface area contributed by atoms with Crippen molar-refractivity contribution in [1.29, 1.82) is 0 Å². The molecule has 0 fully saturated rings. The summed E-state index contributed by atoms with van der Waals surface area (Å²) in [6.45, 7) is 11.7. The Hall–Kier alpha value is -0.610. The van der Waals surface area contributed by atoms with Crippen molar-refractivity contribution in [3.63, 3.8) is 0 Å². The zero-order chi connectivity index (χ0) is 13.4. The maximum Gasteiger partial charge on any atom is 0.238 e. The molecular weight excluding hydrogens is 214 g/mol. The lowest BCUT2D eigenvalue weighted by atomic mass is 9.98. The van der Waals surface area contributed by atoms with Gasteiger partial charge in [-0.25, -0.2) is 5.84 Å². The summed E-state index contributed by atoms with van der Waals surface area (Å²) in [5, 5.41) is 0. The first-order valence-electron chi connectivity index (χ1n) is 6.75. The third-order valence-corrected chi connectivity index (χ3v) is 3.73. The predicted octanol–water partition coefficient (Wildman–Crippen LogP) is 1.90. The molecule has 0 saturated carbocycles. The third-order valence-electron chi connectivity index (χ3n) is 3.73. The fourth-order valence-corrected chi connectivity index (χ4v) is 2.04. The number of hydrazine groups is 1. The van der Waals surface area contributed by atoms with Crippen LogP contribution in [0, 0.1) is 5.92 Å². The highest BCUT2D eigenvalue weighted by Gasteiger charge is 2.27. The number of amides is 1. The topological polar surface area (TPSA) is 58.4 Å². The second-order valence-electron chi connectivity index (χ2n) is 4.89. The first kappa shape index (κ1) is 16.4. The number of nitrogens with two attached hydrogens (primary N) is 1. The molecule has 0 bridgehead atoms. The molecule has 0 spiro atoms. The van der Waals surface area contributed by atoms with Gasteiger partial charge in [0.05, 0.1) is 5.92 Å². The van der Waals surface area contributed by atoms with Gasteiger partial charge < -0.3 is 0 Å². The Kier molecular flexibility index (Phi) is 8.17. The lowest BCUT2D eigenvalue weighted by Gasteiger charge is -2.36. The standard InChI is InChI=1S/C13H29N3O/c1-6-8-9-16(10(3)7-2)12(5)11(4)13(17)15-14/h10-12H,6-9,14H2,1-5H3,(H,15,17). The first-order chi connectivity index (χ1) is 7.99. The van der Waals surface area contributed by atoms with Gasteiger partial charge in [-0.1, -0.05) is 27.2 Å². The van der Waals surface area contributed by atoms with Crippen LogP contribution < -0.4 is 11.3 Å². The number of carbonyl (C=O) groups is 1. The molecule has 0 aliphatic rings. The van der Waals surface area contributed by atoms with E-state index in [0.717, 1.165) is 13.0 Å². The monoisotopic (exact) mass is 243 g/mol. The summed E-state index contributed by atoms with van der Waals surface area (Å²) >= 11 is 0. The van der Waals surface area contributed by atoms with Crippen molar-refractivity contribution in [2.45, 2.75) is 66.0 Å². The summed E-state index contributed by atoms with van der Waals surface area (Å²) in [7, 11) is 0. The van der Waals surface area contributed by atoms with E-state index < -0.39 is 0 Å². The molecule has 0 aliphatic heterocycles. The minimum atomic E-state index is -0.0812. The molecule has 3 unspecified atom stereocenters. The van der Waals surface area contributed by atoms with E-state index in [-0.39, 0.29) is 17.9 Å². The van der Waals surface area contributed by atoms with Crippen LogP contribution in [0.1, 0.15) is 53.9 Å². The summed E-state index contributed by atoms with van der Waals surface area (Å²) in [5.74, 6) is 5.04. The minimum absolute atomic E-state index is 0.0779. The highest BCUT2D eigenvalue weighted by molar-refractivity contribution is 5.78. The summed E-state index contributed by atoms with van der Waals surface area (Å²) in [5.41, 5.74) is 2.25. The Labute approximate surface area is 106 Å². The number of carbonyl (C=O) groups excluding carboxylic acids is 1. The average molecular weight is 243 g/mol. The van der Waals surface area contributed by atoms with E-state index >= 15 is 0 Å². The van der Waals surface area contributed by atoms with E-state index in [2.05, 4.69) is 38.0 Å². The van der Waals surface area contributed by atoms with Gasteiger partial charge >= 0.3 is 0 Å². The van der Waals surface area contributed by atoms with Crippen molar-refractivity contribution in [2.75, 3.05) is 6.54 Å². The Morgan fingerprint density at radius 1 is 1.29 bits per heavy atom. The van der Waals surface area contributed by atoms with Gasteiger partial charge in [0.2, 0.25) is 5.91 Å². The number of hydrogen-bond donors (Lipinski definition) is 2. The van der Waals surface area contributed by atoms with Gasteiger partial charge in [-0.05, 0) is 33.2 Å². The fourth-order valence-electron chi connectivity index (χ4n) is 2.04. The number of unbranched alkanes of at least 4 members (excludes halogenated alkanes) is 1. The Morgan fingerprint density at radius 2 is 1.88 bits per heavy atom. The summed E-state index contributed by atoms with van der Waals surface area (Å²) in [6.07, 6.45) is 3.45. The normalized spacial score (nSPS) is 16.6. The second kappa shape index (κ2) is 8.48. The molecule has 0 aromatic carbocycles. The lowest BCUT2D eigenvalue weighted by Crippen LogP contribution is -2.49. The summed E-state index contributed by atoms with van der Waals surface area (Å²) < 4.78 is 0. The molecule has 17 heavy (non-hydrogen) atoms. The molecule has 0 aromatic heterocycles. The van der Waals surface area contributed by atoms with Gasteiger partial charge in [-0.3, -0.25) is 15.1 Å². The van der Waals surface area contributed by atoms with Crippen molar-refractivity contribution in [3.8, 4) is 0 Å². The molecule has 0 radical (unpaired) electrons. The van der Waals surface area contributed by atoms with Crippen LogP contribution in [0.5, 0.6) is 0 Å². The van der Waals surface area contributed by atoms with Crippen LogP contribution >= 0.6 is 0 Å². The Balaban J connectivity index is 4.60. The quantitative estimate of drug-likeness (QED) is 0.389. The van der Waals surface area contributed by atoms with E-state index in [1.165, 1.54) is 12.8 Å². The van der Waals surface area contributed by atoms with Crippen molar-refractivity contribution >= 4 is 5.91 Å². The number of hydrogen-bond acceptors (Lipinski definition) is 3. The van der Waals surface area contributed by atoms with Crippen LogP contribution in [0.25, 0.3) is 0 Å². The van der Waals surface area contributed by atoms with Crippen molar-refractivity contribution in [2.24, 2.45) is 11.8 Å². The van der Waals surface area contributed by atoms with Gasteiger partial charge in [0.15, 0.2) is 0 Å². The van der Waals surface area contributed by atoms with Crippen molar-refractivity contribution in [1.82, 2.24) is 10.3 Å². The molecule has 0 heterocycles. The SMILES string of the molecule is CCCCN(C(C)CC)C(C)C(C)C(=O)NN. The minimum Gasteiger partial charge on any atom is -0.297 e. The van der Waals surface area contributed by atoms with E-state index in [4.69, 9.17) is 5.84 Å². The number of rotatable bonds is 8. The van der Waals surface area contributed by atoms with Crippen LogP contribution in [0.4, 0.5) is 0 Å². The van der Waals surface area contributed by atoms with E-state index in [0.29, 0.717) is 6.04 Å². The molecule has 0 rings (SSSR count). The lowest BCUT2D eigenvalue weighted by molar-refractivity contribution is -0.126. The molecule has 4 heteroatoms. The largest absolute Gasteiger partial charge is 0.297 e. The van der Waals surface area contributed by atoms with Crippen LogP contribution in [0.2, 0.25) is 0 Å². The molecule has 3 N–H and O–H groups in total. The van der Waals surface area contributed by atoms with Crippen LogP contribution in [-0.2, 0) is 4.79 Å². The zero-order valence-corrected chi connectivity index (χ0v) is 12.0. The van der Waals surface area contributed by atoms with E-state index in [1.54, 1.807) is 0 Å². The molecular formula is C13H29N3O. The van der Waals surface area contributed by atoms with E-state index in [9.17, 15) is 4.79 Å². The smallest absolute Gasteiger partial charge is 0.238 e. The van der Waals surface area contributed by atoms with Gasteiger partial charge in [-0.2, -0.15) is 0 Å². The van der Waals surface area contributed by atoms with Crippen LogP contribution in [0.3, 0.4) is 0 Å². The highest BCUT2D eigenvalue weighted by Crippen LogP contribution is 2.17. The van der Waals surface area contributed by atoms with Crippen molar-refractivity contribution in [3.05, 3.63) is 0 Å². The van der Waals surface area contributed by atoms with Gasteiger partial charge in [0, 0.05) is 12.1 Å². The van der Waals surface area contributed by atoms with Gasteiger partial charge in [0.25, 0.3) is 0 Å². The van der Waals surface area contributed by atoms with E-state index in [1.807, 2.05) is 6.92 Å². The average Bonchev–Trinajstić information content (AvgIpc) is 2.36. The highest BCUT2D eigenvalue weighted by atomic mass is 16.2. The molecule has 4 nitrogen and oxygen atoms in total. The molecule has 0 aromatic rings. The van der Waals surface area contributed by atoms with Gasteiger partial charge in [0.1, 0.15) is 0 Å². The molecule has 0 aliphatic carbocycles. The summed E-state index contributed by atoms with van der Waals surface area (Å²) in [4.78, 5) is 14.0. The molecule has 1 amide bonds. The molecule has 102 valence electrons. The van der Waals surface area contributed by atoms with Crippen LogP contribution in [0.15, 0.2) is 0 Å². The second-order valence-corrected chi connectivity index (χ2v) is 4.89. The van der Waals surface area contributed by atoms with Crippen molar-refractivity contribution < 1.29 is 4.79 Å². The van der Waals surface area contributed by atoms with Gasteiger partial charge in [-0.15, -0.1) is 0 Å².